The van der Waals surface area contributed by atoms with E-state index in [1.54, 1.807) is 0 Å². The molecule has 2 nitrogen and oxygen atoms in total. The van der Waals surface area contributed by atoms with Gasteiger partial charge < -0.3 is 5.32 Å². The van der Waals surface area contributed by atoms with Crippen molar-refractivity contribution in [3.8, 4) is 6.07 Å². The largest absolute Gasteiger partial charge is 0.377 e. The van der Waals surface area contributed by atoms with Crippen LogP contribution in [0.25, 0.3) is 0 Å². The molecule has 0 aromatic heterocycles. The summed E-state index contributed by atoms with van der Waals surface area (Å²) in [6, 6.07) is 16.9. The highest BCUT2D eigenvalue weighted by molar-refractivity contribution is 9.10. The Hall–Kier alpha value is -1.79. The van der Waals surface area contributed by atoms with E-state index in [0.717, 1.165) is 23.0 Å². The summed E-state index contributed by atoms with van der Waals surface area (Å²) >= 11 is 3.40. The second-order valence-electron chi connectivity index (χ2n) is 5.00. The Morgan fingerprint density at radius 1 is 1.14 bits per heavy atom. The average molecular weight is 343 g/mol. The molecule has 1 N–H and O–H groups in total. The van der Waals surface area contributed by atoms with E-state index in [2.05, 4.69) is 65.4 Å². The van der Waals surface area contributed by atoms with E-state index in [1.165, 1.54) is 11.1 Å². The topological polar surface area (TPSA) is 35.8 Å². The summed E-state index contributed by atoms with van der Waals surface area (Å²) in [5.41, 5.74) is 4.14. The van der Waals surface area contributed by atoms with Crippen molar-refractivity contribution >= 4 is 21.6 Å². The molecule has 2 rings (SSSR count). The van der Waals surface area contributed by atoms with Crippen molar-refractivity contribution < 1.29 is 0 Å². The molecule has 0 saturated carbocycles. The highest BCUT2D eigenvalue weighted by Gasteiger charge is 2.11. The number of aryl methyl sites for hydroxylation is 1. The number of rotatable bonds is 5. The van der Waals surface area contributed by atoms with Crippen LogP contribution < -0.4 is 5.32 Å². The number of hydrogen-bond acceptors (Lipinski definition) is 2. The van der Waals surface area contributed by atoms with Crippen LogP contribution in [-0.2, 0) is 6.42 Å². The minimum absolute atomic E-state index is 0.212. The van der Waals surface area contributed by atoms with E-state index in [9.17, 15) is 5.26 Å². The first-order valence-electron chi connectivity index (χ1n) is 7.23. The van der Waals surface area contributed by atoms with Crippen molar-refractivity contribution in [1.29, 1.82) is 5.26 Å². The predicted octanol–water partition coefficient (Wildman–Crippen LogP) is 5.45. The lowest BCUT2D eigenvalue weighted by Crippen LogP contribution is -2.10. The molecule has 2 aromatic carbocycles. The Kier molecular flexibility index (Phi) is 5.41. The van der Waals surface area contributed by atoms with Gasteiger partial charge in [-0.2, -0.15) is 5.26 Å². The Morgan fingerprint density at radius 2 is 1.86 bits per heavy atom. The van der Waals surface area contributed by atoms with E-state index in [0.29, 0.717) is 5.56 Å². The zero-order valence-corrected chi connectivity index (χ0v) is 13.9. The highest BCUT2D eigenvalue weighted by atomic mass is 79.9. The second kappa shape index (κ2) is 7.28. The highest BCUT2D eigenvalue weighted by Crippen LogP contribution is 2.27. The smallest absolute Gasteiger partial charge is 0.101 e. The van der Waals surface area contributed by atoms with Gasteiger partial charge >= 0.3 is 0 Å². The Labute approximate surface area is 134 Å². The number of halogens is 1. The third-order valence-corrected chi connectivity index (χ3v) is 4.12. The van der Waals surface area contributed by atoms with Crippen LogP contribution in [0.1, 0.15) is 43.0 Å². The Balaban J connectivity index is 2.24. The lowest BCUT2D eigenvalue weighted by Gasteiger charge is -2.20. The van der Waals surface area contributed by atoms with Crippen LogP contribution >= 0.6 is 15.9 Å². The minimum atomic E-state index is 0.212. The number of benzene rings is 2. The van der Waals surface area contributed by atoms with Gasteiger partial charge in [-0.1, -0.05) is 54.0 Å². The van der Waals surface area contributed by atoms with E-state index < -0.39 is 0 Å². The van der Waals surface area contributed by atoms with Crippen LogP contribution in [0, 0.1) is 11.3 Å². The average Bonchev–Trinajstić information content (AvgIpc) is 2.53. The zero-order valence-electron chi connectivity index (χ0n) is 12.4. The van der Waals surface area contributed by atoms with Crippen molar-refractivity contribution in [3.05, 3.63) is 63.6 Å². The molecule has 0 bridgehead atoms. The van der Waals surface area contributed by atoms with Crippen LogP contribution in [0.5, 0.6) is 0 Å². The van der Waals surface area contributed by atoms with Gasteiger partial charge in [0.1, 0.15) is 6.07 Å². The molecule has 1 atom stereocenters. The molecule has 0 aliphatic rings. The van der Waals surface area contributed by atoms with Crippen LogP contribution in [0.4, 0.5) is 5.69 Å². The van der Waals surface area contributed by atoms with Crippen molar-refractivity contribution in [2.24, 2.45) is 0 Å². The number of nitriles is 1. The van der Waals surface area contributed by atoms with E-state index in [4.69, 9.17) is 0 Å². The molecule has 0 spiro atoms. The molecule has 0 saturated heterocycles. The molecule has 1 unspecified atom stereocenters. The van der Waals surface area contributed by atoms with E-state index >= 15 is 0 Å². The molecule has 2 aromatic rings. The third kappa shape index (κ3) is 3.86. The van der Waals surface area contributed by atoms with Crippen LogP contribution in [-0.4, -0.2) is 0 Å². The lowest BCUT2D eigenvalue weighted by molar-refractivity contribution is 0.748. The second-order valence-corrected chi connectivity index (χ2v) is 5.92. The molecule has 0 radical (unpaired) electrons. The fourth-order valence-electron chi connectivity index (χ4n) is 2.33. The fraction of sp³-hybridized carbons (Fsp3) is 0.278. The maximum absolute atomic E-state index is 9.26. The Morgan fingerprint density at radius 3 is 2.43 bits per heavy atom. The molecular formula is C18H19BrN2. The molecule has 0 fully saturated rings. The zero-order chi connectivity index (χ0) is 15.2. The molecule has 0 heterocycles. The maximum atomic E-state index is 9.26. The predicted molar refractivity (Wildman–Crippen MR) is 91.3 cm³/mol. The van der Waals surface area contributed by atoms with Gasteiger partial charge in [0.2, 0.25) is 0 Å². The van der Waals surface area contributed by atoms with Crippen molar-refractivity contribution in [2.75, 3.05) is 5.32 Å². The SMILES string of the molecule is CCc1ccc(C(CC)Nc2ccc(Br)cc2C#N)cc1. The molecule has 0 aliphatic heterocycles. The van der Waals surface area contributed by atoms with Gasteiger partial charge in [-0.05, 0) is 42.2 Å². The van der Waals surface area contributed by atoms with Gasteiger partial charge in [0, 0.05) is 4.47 Å². The van der Waals surface area contributed by atoms with Crippen LogP contribution in [0.2, 0.25) is 0 Å². The standard InChI is InChI=1S/C18H19BrN2/c1-3-13-5-7-14(8-6-13)17(4-2)21-18-10-9-16(19)11-15(18)12-20/h5-11,17,21H,3-4H2,1-2H3. The van der Waals surface area contributed by atoms with Gasteiger partial charge in [-0.25, -0.2) is 0 Å². The summed E-state index contributed by atoms with van der Waals surface area (Å²) in [6.07, 6.45) is 2.02. The summed E-state index contributed by atoms with van der Waals surface area (Å²) in [6.45, 7) is 4.31. The van der Waals surface area contributed by atoms with Crippen LogP contribution in [0.15, 0.2) is 46.9 Å². The molecule has 108 valence electrons. The summed E-state index contributed by atoms with van der Waals surface area (Å²) in [4.78, 5) is 0. The third-order valence-electron chi connectivity index (χ3n) is 3.63. The van der Waals surface area contributed by atoms with Crippen molar-refractivity contribution in [1.82, 2.24) is 0 Å². The van der Waals surface area contributed by atoms with Crippen molar-refractivity contribution in [3.63, 3.8) is 0 Å². The summed E-state index contributed by atoms with van der Waals surface area (Å²) in [5, 5.41) is 12.7. The number of nitrogens with zero attached hydrogens (tertiary/aromatic N) is 1. The quantitative estimate of drug-likeness (QED) is 0.784. The molecule has 3 heteroatoms. The fourth-order valence-corrected chi connectivity index (χ4v) is 2.69. The molecular weight excluding hydrogens is 324 g/mol. The molecule has 21 heavy (non-hydrogen) atoms. The summed E-state index contributed by atoms with van der Waals surface area (Å²) in [5.74, 6) is 0. The molecule has 0 aliphatic carbocycles. The Bertz CT molecular complexity index is 641. The van der Waals surface area contributed by atoms with Gasteiger partial charge in [0.15, 0.2) is 0 Å². The normalized spacial score (nSPS) is 11.7. The molecule has 0 amide bonds. The maximum Gasteiger partial charge on any atom is 0.101 e. The van der Waals surface area contributed by atoms with Gasteiger partial charge in [0.05, 0.1) is 17.3 Å². The number of nitrogens with one attached hydrogen (secondary N) is 1. The first-order chi connectivity index (χ1) is 10.2. The first-order valence-corrected chi connectivity index (χ1v) is 8.02. The van der Waals surface area contributed by atoms with Gasteiger partial charge in [-0.3, -0.25) is 0 Å². The number of hydrogen-bond donors (Lipinski definition) is 1. The summed E-state index contributed by atoms with van der Waals surface area (Å²) in [7, 11) is 0. The summed E-state index contributed by atoms with van der Waals surface area (Å²) < 4.78 is 0.921. The van der Waals surface area contributed by atoms with E-state index in [1.807, 2.05) is 18.2 Å². The van der Waals surface area contributed by atoms with Gasteiger partial charge in [-0.15, -0.1) is 0 Å². The lowest BCUT2D eigenvalue weighted by atomic mass is 10.0. The first kappa shape index (κ1) is 15.6. The van der Waals surface area contributed by atoms with E-state index in [-0.39, 0.29) is 6.04 Å². The van der Waals surface area contributed by atoms with Gasteiger partial charge in [0.25, 0.3) is 0 Å². The number of anilines is 1. The minimum Gasteiger partial charge on any atom is -0.377 e. The monoisotopic (exact) mass is 342 g/mol. The van der Waals surface area contributed by atoms with Crippen molar-refractivity contribution in [2.45, 2.75) is 32.7 Å². The van der Waals surface area contributed by atoms with Crippen LogP contribution in [0.3, 0.4) is 0 Å².